The number of benzene rings is 2. The van der Waals surface area contributed by atoms with Gasteiger partial charge in [-0.1, -0.05) is 34.1 Å². The summed E-state index contributed by atoms with van der Waals surface area (Å²) in [6, 6.07) is 8.88. The first-order valence-corrected chi connectivity index (χ1v) is 13.2. The quantitative estimate of drug-likeness (QED) is 0.216. The molecule has 4 aromatic heterocycles. The summed E-state index contributed by atoms with van der Waals surface area (Å²) in [5.41, 5.74) is 5.01. The van der Waals surface area contributed by atoms with Crippen LogP contribution >= 0.6 is 11.6 Å². The van der Waals surface area contributed by atoms with Crippen LogP contribution in [0.5, 0.6) is 0 Å². The average Bonchev–Trinajstić information content (AvgIpc) is 3.80. The Morgan fingerprint density at radius 3 is 2.44 bits per heavy atom. The molecule has 11 nitrogen and oxygen atoms in total. The number of amides is 1. The van der Waals surface area contributed by atoms with Gasteiger partial charge in [0.2, 0.25) is 6.39 Å². The van der Waals surface area contributed by atoms with E-state index in [1.807, 2.05) is 0 Å². The maximum atomic E-state index is 15.4. The highest BCUT2D eigenvalue weighted by Crippen LogP contribution is 2.35. The van der Waals surface area contributed by atoms with Crippen molar-refractivity contribution >= 4 is 17.5 Å². The van der Waals surface area contributed by atoms with Gasteiger partial charge in [0.15, 0.2) is 17.3 Å². The number of pyridine rings is 1. The Morgan fingerprint density at radius 2 is 1.80 bits per heavy atom. The minimum Gasteiger partial charge on any atom is -0.366 e. The molecular formula is C28H17ClF5N9O2. The zero-order valence-corrected chi connectivity index (χ0v) is 23.2. The van der Waals surface area contributed by atoms with Crippen LogP contribution in [0.2, 0.25) is 5.02 Å². The third kappa shape index (κ3) is 5.86. The second-order valence-corrected chi connectivity index (χ2v) is 10.0. The second kappa shape index (κ2) is 11.5. The Hall–Kier alpha value is -5.51. The van der Waals surface area contributed by atoms with Crippen molar-refractivity contribution in [1.29, 1.82) is 0 Å². The van der Waals surface area contributed by atoms with E-state index >= 15 is 4.39 Å². The molecule has 0 spiro atoms. The summed E-state index contributed by atoms with van der Waals surface area (Å²) in [5, 5.41) is 14.7. The molecule has 1 amide bonds. The minimum absolute atomic E-state index is 0.0518. The Morgan fingerprint density at radius 1 is 1.00 bits per heavy atom. The molecule has 2 aromatic carbocycles. The first kappa shape index (κ1) is 29.6. The zero-order chi connectivity index (χ0) is 31.9. The van der Waals surface area contributed by atoms with Crippen LogP contribution in [0.25, 0.3) is 27.9 Å². The number of hydrogen-bond donors (Lipinski definition) is 1. The molecule has 6 aromatic rings. The van der Waals surface area contributed by atoms with E-state index in [1.54, 1.807) is 12.3 Å². The Kier molecular flexibility index (Phi) is 7.57. The molecule has 45 heavy (non-hydrogen) atoms. The normalized spacial score (nSPS) is 12.4. The molecule has 1 atom stereocenters. The molecule has 1 unspecified atom stereocenters. The number of carbonyl (C=O) groups excluding carboxylic acids is 1. The molecule has 4 heterocycles. The number of halogens is 6. The van der Waals surface area contributed by atoms with Gasteiger partial charge in [-0.2, -0.15) is 23.3 Å². The van der Waals surface area contributed by atoms with E-state index in [1.165, 1.54) is 47.4 Å². The van der Waals surface area contributed by atoms with Crippen molar-refractivity contribution < 1.29 is 31.3 Å². The summed E-state index contributed by atoms with van der Waals surface area (Å²) < 4.78 is 76.5. The molecule has 0 saturated heterocycles. The van der Waals surface area contributed by atoms with Crippen molar-refractivity contribution in [2.24, 2.45) is 5.73 Å². The van der Waals surface area contributed by atoms with Gasteiger partial charge in [0.05, 0.1) is 34.4 Å². The van der Waals surface area contributed by atoms with Gasteiger partial charge in [0.1, 0.15) is 11.9 Å². The van der Waals surface area contributed by atoms with Crippen molar-refractivity contribution in [3.05, 3.63) is 113 Å². The van der Waals surface area contributed by atoms with E-state index in [9.17, 15) is 22.4 Å². The standard InChI is InChI=1S/C28H17ClF5N9O2/c29-18-4-6-21(43-12-23(39-41-43)28(32,33)34)25(26(18)31)15-2-5-20(36-9-15)22(8-24-37-13-45-40-24)42-11-16(10-38-42)14-1-3-17(27(35)44)19(30)7-14/h1-7,9-13,22H,8H2,(H2,35,44). The number of rotatable bonds is 8. The number of hydrogen-bond acceptors (Lipinski definition) is 8. The molecule has 0 aliphatic heterocycles. The molecule has 0 radical (unpaired) electrons. The van der Waals surface area contributed by atoms with Crippen molar-refractivity contribution in [1.82, 2.24) is 39.9 Å². The first-order valence-electron chi connectivity index (χ1n) is 12.8. The highest BCUT2D eigenvalue weighted by molar-refractivity contribution is 6.31. The van der Waals surface area contributed by atoms with E-state index in [4.69, 9.17) is 21.9 Å². The van der Waals surface area contributed by atoms with Crippen LogP contribution in [-0.4, -0.2) is 45.8 Å². The molecular weight excluding hydrogens is 625 g/mol. The molecule has 0 bridgehead atoms. The highest BCUT2D eigenvalue weighted by atomic mass is 35.5. The van der Waals surface area contributed by atoms with E-state index in [0.717, 1.165) is 17.1 Å². The van der Waals surface area contributed by atoms with Gasteiger partial charge in [0, 0.05) is 35.5 Å². The SMILES string of the molecule is NC(=O)c1ccc(-c2cnn(C(Cc3ncon3)c3ccc(-c4c(-n5cc(C(F)(F)F)nn5)ccc(Cl)c4F)cn3)c2)cc1F. The van der Waals surface area contributed by atoms with E-state index in [2.05, 4.69) is 30.5 Å². The molecule has 228 valence electrons. The van der Waals surface area contributed by atoms with E-state index in [-0.39, 0.29) is 33.8 Å². The number of primary amides is 1. The summed E-state index contributed by atoms with van der Waals surface area (Å²) in [7, 11) is 0. The predicted octanol–water partition coefficient (Wildman–Crippen LogP) is 5.46. The molecule has 0 saturated carbocycles. The van der Waals surface area contributed by atoms with Gasteiger partial charge in [0.25, 0.3) is 5.91 Å². The smallest absolute Gasteiger partial charge is 0.366 e. The number of aromatic nitrogens is 8. The fourth-order valence-electron chi connectivity index (χ4n) is 4.61. The summed E-state index contributed by atoms with van der Waals surface area (Å²) in [4.78, 5) is 20.0. The van der Waals surface area contributed by atoms with Gasteiger partial charge >= 0.3 is 6.18 Å². The number of nitrogens with two attached hydrogens (primary N) is 1. The highest BCUT2D eigenvalue weighted by Gasteiger charge is 2.35. The molecule has 17 heteroatoms. The van der Waals surface area contributed by atoms with E-state index < -0.39 is 35.5 Å². The van der Waals surface area contributed by atoms with Crippen molar-refractivity contribution in [3.63, 3.8) is 0 Å². The van der Waals surface area contributed by atoms with Gasteiger partial charge in [-0.05, 0) is 35.9 Å². The summed E-state index contributed by atoms with van der Waals surface area (Å²) in [5.74, 6) is -2.28. The first-order chi connectivity index (χ1) is 21.5. The lowest BCUT2D eigenvalue weighted by Gasteiger charge is -2.17. The summed E-state index contributed by atoms with van der Waals surface area (Å²) in [6.07, 6.45) is 1.60. The third-order valence-electron chi connectivity index (χ3n) is 6.79. The van der Waals surface area contributed by atoms with Crippen LogP contribution < -0.4 is 5.73 Å². The van der Waals surface area contributed by atoms with Gasteiger partial charge in [-0.15, -0.1) is 5.10 Å². The number of nitrogens with zero attached hydrogens (tertiary/aromatic N) is 8. The van der Waals surface area contributed by atoms with Gasteiger partial charge in [-0.3, -0.25) is 14.5 Å². The van der Waals surface area contributed by atoms with Crippen LogP contribution in [0.1, 0.15) is 33.6 Å². The predicted molar refractivity (Wildman–Crippen MR) is 147 cm³/mol. The molecule has 6 rings (SSSR count). The molecule has 0 aliphatic rings. The molecule has 0 fully saturated rings. The fourth-order valence-corrected chi connectivity index (χ4v) is 4.77. The summed E-state index contributed by atoms with van der Waals surface area (Å²) in [6.45, 7) is 0. The van der Waals surface area contributed by atoms with Crippen LogP contribution in [-0.2, 0) is 12.6 Å². The van der Waals surface area contributed by atoms with Crippen molar-refractivity contribution in [2.75, 3.05) is 0 Å². The second-order valence-electron chi connectivity index (χ2n) is 9.61. The van der Waals surface area contributed by atoms with Crippen LogP contribution in [0.15, 0.2) is 78.2 Å². The third-order valence-corrected chi connectivity index (χ3v) is 7.08. The lowest BCUT2D eigenvalue weighted by Crippen LogP contribution is -2.16. The number of alkyl halides is 3. The van der Waals surface area contributed by atoms with Crippen molar-refractivity contribution in [2.45, 2.75) is 18.6 Å². The Labute approximate surface area is 254 Å². The Bertz CT molecular complexity index is 2010. The monoisotopic (exact) mass is 641 g/mol. The summed E-state index contributed by atoms with van der Waals surface area (Å²) >= 11 is 6.03. The van der Waals surface area contributed by atoms with Gasteiger partial charge in [-0.25, -0.2) is 13.5 Å². The average molecular weight is 642 g/mol. The minimum atomic E-state index is -4.76. The topological polar surface area (TPSA) is 143 Å². The number of carbonyl (C=O) groups is 1. The largest absolute Gasteiger partial charge is 0.436 e. The lowest BCUT2D eigenvalue weighted by molar-refractivity contribution is -0.141. The molecule has 0 aliphatic carbocycles. The zero-order valence-electron chi connectivity index (χ0n) is 22.5. The fraction of sp³-hybridized carbons (Fsp3) is 0.107. The van der Waals surface area contributed by atoms with Crippen LogP contribution in [0.3, 0.4) is 0 Å². The maximum absolute atomic E-state index is 15.4. The van der Waals surface area contributed by atoms with E-state index in [0.29, 0.717) is 28.8 Å². The van der Waals surface area contributed by atoms with Crippen LogP contribution in [0, 0.1) is 11.6 Å². The maximum Gasteiger partial charge on any atom is 0.436 e. The van der Waals surface area contributed by atoms with Crippen LogP contribution in [0.4, 0.5) is 22.0 Å². The Balaban J connectivity index is 1.37. The van der Waals surface area contributed by atoms with Gasteiger partial charge < -0.3 is 10.3 Å². The lowest BCUT2D eigenvalue weighted by atomic mass is 10.0. The molecule has 2 N–H and O–H groups in total. The van der Waals surface area contributed by atoms with Crippen molar-refractivity contribution in [3.8, 4) is 27.9 Å².